The van der Waals surface area contributed by atoms with Crippen molar-refractivity contribution in [3.63, 3.8) is 0 Å². The largest absolute Gasteiger partial charge is 0.311 e. The number of piperazine rings is 1. The molecule has 1 aliphatic heterocycles. The molecule has 2 rings (SSSR count). The van der Waals surface area contributed by atoms with Gasteiger partial charge >= 0.3 is 0 Å². The maximum Gasteiger partial charge on any atom is 0.0417 e. The summed E-state index contributed by atoms with van der Waals surface area (Å²) in [6.45, 7) is 9.20. The molecular weight excluding hydrogens is 216 g/mol. The van der Waals surface area contributed by atoms with Gasteiger partial charge in [0.1, 0.15) is 0 Å². The van der Waals surface area contributed by atoms with Crippen LogP contribution in [0.3, 0.4) is 0 Å². The van der Waals surface area contributed by atoms with Gasteiger partial charge in [0.15, 0.2) is 0 Å². The van der Waals surface area contributed by atoms with Crippen molar-refractivity contribution < 1.29 is 0 Å². The van der Waals surface area contributed by atoms with E-state index in [2.05, 4.69) is 48.5 Å². The standard InChI is InChI=1S/C13H22N2S/c1-4-12-8-14-10(2)9-15(12)11(3)13-6-5-7-16-13/h5-7,10-12,14H,4,8-9H2,1-3H3. The molecule has 2 nitrogen and oxygen atoms in total. The van der Waals surface area contributed by atoms with Gasteiger partial charge in [0.05, 0.1) is 0 Å². The number of thiophene rings is 1. The number of rotatable bonds is 3. The second-order valence-electron chi connectivity index (χ2n) is 4.76. The lowest BCUT2D eigenvalue weighted by Crippen LogP contribution is -2.55. The smallest absolute Gasteiger partial charge is 0.0417 e. The summed E-state index contributed by atoms with van der Waals surface area (Å²) in [7, 11) is 0. The second kappa shape index (κ2) is 5.30. The molecule has 1 aliphatic rings. The maximum absolute atomic E-state index is 3.57. The fraction of sp³-hybridized carbons (Fsp3) is 0.692. The molecular formula is C13H22N2S. The van der Waals surface area contributed by atoms with E-state index in [9.17, 15) is 0 Å². The summed E-state index contributed by atoms with van der Waals surface area (Å²) in [5.41, 5.74) is 0. The molecule has 3 atom stereocenters. The first-order valence-corrected chi connectivity index (χ1v) is 7.12. The van der Waals surface area contributed by atoms with E-state index in [0.29, 0.717) is 18.1 Å². The third kappa shape index (κ3) is 2.47. The molecule has 1 fully saturated rings. The Balaban J connectivity index is 2.10. The van der Waals surface area contributed by atoms with Crippen molar-refractivity contribution >= 4 is 11.3 Å². The Morgan fingerprint density at radius 1 is 1.62 bits per heavy atom. The number of hydrogen-bond acceptors (Lipinski definition) is 3. The normalized spacial score (nSPS) is 29.2. The van der Waals surface area contributed by atoms with Gasteiger partial charge in [-0.25, -0.2) is 0 Å². The fourth-order valence-electron chi connectivity index (χ4n) is 2.53. The average molecular weight is 238 g/mol. The van der Waals surface area contributed by atoms with Crippen molar-refractivity contribution in [2.45, 2.75) is 45.3 Å². The summed E-state index contributed by atoms with van der Waals surface area (Å²) in [5.74, 6) is 0. The molecule has 90 valence electrons. The van der Waals surface area contributed by atoms with Gasteiger partial charge in [-0.15, -0.1) is 11.3 Å². The van der Waals surface area contributed by atoms with Crippen molar-refractivity contribution in [1.82, 2.24) is 10.2 Å². The predicted octanol–water partition coefficient (Wildman–Crippen LogP) is 2.88. The summed E-state index contributed by atoms with van der Waals surface area (Å²) in [6, 6.07) is 6.28. The first-order chi connectivity index (χ1) is 7.72. The van der Waals surface area contributed by atoms with Crippen LogP contribution in [0.25, 0.3) is 0 Å². The van der Waals surface area contributed by atoms with Gasteiger partial charge < -0.3 is 5.32 Å². The van der Waals surface area contributed by atoms with Crippen molar-refractivity contribution in [3.05, 3.63) is 22.4 Å². The van der Waals surface area contributed by atoms with Crippen LogP contribution in [-0.4, -0.2) is 30.1 Å². The molecule has 0 saturated carbocycles. The zero-order chi connectivity index (χ0) is 11.5. The van der Waals surface area contributed by atoms with Crippen molar-refractivity contribution in [2.75, 3.05) is 13.1 Å². The van der Waals surface area contributed by atoms with Gasteiger partial charge in [0.2, 0.25) is 0 Å². The van der Waals surface area contributed by atoms with Gasteiger partial charge in [-0.3, -0.25) is 4.90 Å². The molecule has 1 N–H and O–H groups in total. The van der Waals surface area contributed by atoms with E-state index in [-0.39, 0.29) is 0 Å². The topological polar surface area (TPSA) is 15.3 Å². The number of nitrogens with one attached hydrogen (secondary N) is 1. The fourth-order valence-corrected chi connectivity index (χ4v) is 3.33. The van der Waals surface area contributed by atoms with Crippen LogP contribution >= 0.6 is 11.3 Å². The first-order valence-electron chi connectivity index (χ1n) is 6.25. The lowest BCUT2D eigenvalue weighted by Gasteiger charge is -2.42. The zero-order valence-corrected chi connectivity index (χ0v) is 11.3. The highest BCUT2D eigenvalue weighted by atomic mass is 32.1. The Kier molecular flexibility index (Phi) is 4.00. The molecule has 1 aromatic heterocycles. The van der Waals surface area contributed by atoms with Gasteiger partial charge in [-0.1, -0.05) is 13.0 Å². The summed E-state index contributed by atoms with van der Waals surface area (Å²) >= 11 is 1.88. The van der Waals surface area contributed by atoms with E-state index in [1.165, 1.54) is 11.3 Å². The Bertz CT molecular complexity index is 310. The molecule has 0 spiro atoms. The van der Waals surface area contributed by atoms with Gasteiger partial charge in [-0.05, 0) is 31.7 Å². The Morgan fingerprint density at radius 2 is 2.44 bits per heavy atom. The maximum atomic E-state index is 3.57. The van der Waals surface area contributed by atoms with Gasteiger partial charge in [-0.2, -0.15) is 0 Å². The molecule has 0 radical (unpaired) electrons. The third-order valence-electron chi connectivity index (χ3n) is 3.58. The molecule has 3 heteroatoms. The highest BCUT2D eigenvalue weighted by molar-refractivity contribution is 7.10. The quantitative estimate of drug-likeness (QED) is 0.871. The van der Waals surface area contributed by atoms with E-state index in [0.717, 1.165) is 13.1 Å². The Labute approximate surface area is 103 Å². The van der Waals surface area contributed by atoms with Crippen molar-refractivity contribution in [2.24, 2.45) is 0 Å². The summed E-state index contributed by atoms with van der Waals surface area (Å²) in [4.78, 5) is 4.15. The van der Waals surface area contributed by atoms with Crippen LogP contribution in [-0.2, 0) is 0 Å². The van der Waals surface area contributed by atoms with Crippen LogP contribution < -0.4 is 5.32 Å². The minimum Gasteiger partial charge on any atom is -0.311 e. The monoisotopic (exact) mass is 238 g/mol. The minimum atomic E-state index is 0.564. The summed E-state index contributed by atoms with van der Waals surface area (Å²) in [5, 5.41) is 5.75. The Morgan fingerprint density at radius 3 is 3.06 bits per heavy atom. The molecule has 1 saturated heterocycles. The van der Waals surface area contributed by atoms with Crippen LogP contribution in [0.4, 0.5) is 0 Å². The second-order valence-corrected chi connectivity index (χ2v) is 5.74. The third-order valence-corrected chi connectivity index (χ3v) is 4.62. The highest BCUT2D eigenvalue weighted by Gasteiger charge is 2.29. The molecule has 0 aliphatic carbocycles. The molecule has 0 bridgehead atoms. The van der Waals surface area contributed by atoms with E-state index in [1.54, 1.807) is 0 Å². The lowest BCUT2D eigenvalue weighted by molar-refractivity contribution is 0.0920. The summed E-state index contributed by atoms with van der Waals surface area (Å²) < 4.78 is 0. The van der Waals surface area contributed by atoms with Crippen LogP contribution in [0, 0.1) is 0 Å². The van der Waals surface area contributed by atoms with Crippen LogP contribution in [0.1, 0.15) is 38.1 Å². The molecule has 0 amide bonds. The Hall–Kier alpha value is -0.380. The lowest BCUT2D eigenvalue weighted by atomic mass is 10.0. The van der Waals surface area contributed by atoms with Crippen molar-refractivity contribution in [1.29, 1.82) is 0 Å². The van der Waals surface area contributed by atoms with Gasteiger partial charge in [0.25, 0.3) is 0 Å². The van der Waals surface area contributed by atoms with Crippen LogP contribution in [0.5, 0.6) is 0 Å². The van der Waals surface area contributed by atoms with E-state index in [1.807, 2.05) is 11.3 Å². The minimum absolute atomic E-state index is 0.564. The molecule has 16 heavy (non-hydrogen) atoms. The van der Waals surface area contributed by atoms with E-state index < -0.39 is 0 Å². The number of hydrogen-bond donors (Lipinski definition) is 1. The number of nitrogens with zero attached hydrogens (tertiary/aromatic N) is 1. The van der Waals surface area contributed by atoms with Crippen LogP contribution in [0.15, 0.2) is 17.5 Å². The average Bonchev–Trinajstić information content (AvgIpc) is 2.81. The molecule has 2 heterocycles. The highest BCUT2D eigenvalue weighted by Crippen LogP contribution is 2.28. The zero-order valence-electron chi connectivity index (χ0n) is 10.4. The molecule has 1 aromatic rings. The molecule has 3 unspecified atom stereocenters. The SMILES string of the molecule is CCC1CNC(C)CN1C(C)c1cccs1. The van der Waals surface area contributed by atoms with Crippen molar-refractivity contribution in [3.8, 4) is 0 Å². The van der Waals surface area contributed by atoms with E-state index >= 15 is 0 Å². The summed E-state index contributed by atoms with van der Waals surface area (Å²) in [6.07, 6.45) is 1.23. The van der Waals surface area contributed by atoms with Gasteiger partial charge in [0, 0.05) is 36.1 Å². The predicted molar refractivity (Wildman–Crippen MR) is 71.0 cm³/mol. The van der Waals surface area contributed by atoms with E-state index in [4.69, 9.17) is 0 Å². The first kappa shape index (κ1) is 12.1. The van der Waals surface area contributed by atoms with Crippen LogP contribution in [0.2, 0.25) is 0 Å². The molecule has 0 aromatic carbocycles.